The van der Waals surface area contributed by atoms with Gasteiger partial charge in [0.1, 0.15) is 0 Å². The molecule has 24 heavy (non-hydrogen) atoms. The lowest BCUT2D eigenvalue weighted by molar-refractivity contribution is -0.121. The summed E-state index contributed by atoms with van der Waals surface area (Å²) in [5.74, 6) is 2.49. The normalized spacial score (nSPS) is 13.5. The monoisotopic (exact) mass is 343 g/mol. The van der Waals surface area contributed by atoms with Crippen LogP contribution in [0.5, 0.6) is 11.5 Å². The fourth-order valence-corrected chi connectivity index (χ4v) is 3.10. The van der Waals surface area contributed by atoms with Crippen LogP contribution in [0.15, 0.2) is 48.5 Å². The van der Waals surface area contributed by atoms with Gasteiger partial charge in [-0.05, 0) is 29.5 Å². The van der Waals surface area contributed by atoms with E-state index < -0.39 is 0 Å². The molecule has 3 rings (SSSR count). The first-order valence-electron chi connectivity index (χ1n) is 7.98. The van der Waals surface area contributed by atoms with E-state index in [-0.39, 0.29) is 18.6 Å². The molecule has 1 amide bonds. The summed E-state index contributed by atoms with van der Waals surface area (Å²) in [6.07, 6.45) is 2.45. The van der Waals surface area contributed by atoms with Gasteiger partial charge < -0.3 is 14.8 Å². The van der Waals surface area contributed by atoms with Crippen LogP contribution in [0.1, 0.15) is 23.5 Å². The summed E-state index contributed by atoms with van der Waals surface area (Å²) in [6, 6.07) is 16.0. The highest BCUT2D eigenvalue weighted by Crippen LogP contribution is 2.37. The lowest BCUT2D eigenvalue weighted by Crippen LogP contribution is -2.27. The van der Waals surface area contributed by atoms with Gasteiger partial charge in [-0.25, -0.2) is 0 Å². The molecule has 1 N–H and O–H groups in total. The van der Waals surface area contributed by atoms with Crippen molar-refractivity contribution in [2.75, 3.05) is 25.3 Å². The quantitative estimate of drug-likeness (QED) is 0.783. The second kappa shape index (κ2) is 8.11. The van der Waals surface area contributed by atoms with Gasteiger partial charge in [-0.1, -0.05) is 36.4 Å². The molecular formula is C19H21NO3S. The minimum absolute atomic E-state index is 0.00465. The molecule has 0 spiro atoms. The van der Waals surface area contributed by atoms with Crippen molar-refractivity contribution in [2.45, 2.75) is 12.3 Å². The van der Waals surface area contributed by atoms with Crippen molar-refractivity contribution in [3.05, 3.63) is 59.7 Å². The third-order valence-corrected chi connectivity index (χ3v) is 4.63. The van der Waals surface area contributed by atoms with Crippen molar-refractivity contribution < 1.29 is 14.3 Å². The van der Waals surface area contributed by atoms with Crippen molar-refractivity contribution in [3.8, 4) is 11.5 Å². The topological polar surface area (TPSA) is 47.6 Å². The molecule has 126 valence electrons. The van der Waals surface area contributed by atoms with E-state index in [9.17, 15) is 4.79 Å². The summed E-state index contributed by atoms with van der Waals surface area (Å²) in [4.78, 5) is 12.3. The number of rotatable bonds is 7. The smallest absolute Gasteiger partial charge is 0.231 e. The minimum atomic E-state index is -0.00465. The van der Waals surface area contributed by atoms with Gasteiger partial charge in [-0.15, -0.1) is 0 Å². The highest BCUT2D eigenvalue weighted by molar-refractivity contribution is 7.98. The Morgan fingerprint density at radius 3 is 2.71 bits per heavy atom. The number of ether oxygens (including phenoxy) is 2. The lowest BCUT2D eigenvalue weighted by Gasteiger charge is -2.18. The average molecular weight is 343 g/mol. The van der Waals surface area contributed by atoms with E-state index in [0.717, 1.165) is 28.4 Å². The highest BCUT2D eigenvalue weighted by atomic mass is 32.2. The Kier molecular flexibility index (Phi) is 5.64. The molecule has 0 saturated carbocycles. The van der Waals surface area contributed by atoms with Gasteiger partial charge in [-0.3, -0.25) is 4.79 Å². The van der Waals surface area contributed by atoms with Crippen LogP contribution in [-0.4, -0.2) is 31.3 Å². The molecule has 5 heteroatoms. The van der Waals surface area contributed by atoms with Gasteiger partial charge in [0.15, 0.2) is 11.5 Å². The molecule has 0 fully saturated rings. The van der Waals surface area contributed by atoms with E-state index in [1.54, 1.807) is 11.8 Å². The number of hydrogen-bond donors (Lipinski definition) is 1. The maximum atomic E-state index is 12.3. The van der Waals surface area contributed by atoms with Crippen molar-refractivity contribution in [1.82, 2.24) is 5.32 Å². The van der Waals surface area contributed by atoms with Gasteiger partial charge in [0.05, 0.1) is 0 Å². The van der Waals surface area contributed by atoms with Gasteiger partial charge in [-0.2, -0.15) is 11.8 Å². The molecule has 1 atom stereocenters. The lowest BCUT2D eigenvalue weighted by atomic mass is 9.88. The van der Waals surface area contributed by atoms with E-state index in [1.807, 2.05) is 42.7 Å². The molecule has 1 heterocycles. The number of fused-ring (bicyclic) bond motifs is 1. The van der Waals surface area contributed by atoms with E-state index in [0.29, 0.717) is 13.0 Å². The van der Waals surface area contributed by atoms with Crippen LogP contribution in [0, 0.1) is 0 Å². The Labute approximate surface area is 146 Å². The predicted molar refractivity (Wildman–Crippen MR) is 96.9 cm³/mol. The maximum Gasteiger partial charge on any atom is 0.231 e. The summed E-state index contributed by atoms with van der Waals surface area (Å²) in [6.45, 7) is 0.951. The zero-order valence-electron chi connectivity index (χ0n) is 13.7. The molecule has 2 aromatic rings. The number of thioether (sulfide) groups is 1. The zero-order chi connectivity index (χ0) is 16.8. The first-order valence-corrected chi connectivity index (χ1v) is 9.37. The van der Waals surface area contributed by atoms with Crippen molar-refractivity contribution in [3.63, 3.8) is 0 Å². The molecule has 0 aliphatic carbocycles. The summed E-state index contributed by atoms with van der Waals surface area (Å²) < 4.78 is 10.9. The summed E-state index contributed by atoms with van der Waals surface area (Å²) in [7, 11) is 0. The van der Waals surface area contributed by atoms with Crippen LogP contribution in [0.3, 0.4) is 0 Å². The molecular weight excluding hydrogens is 322 g/mol. The van der Waals surface area contributed by atoms with Crippen molar-refractivity contribution in [1.29, 1.82) is 0 Å². The van der Waals surface area contributed by atoms with Gasteiger partial charge >= 0.3 is 0 Å². The predicted octanol–water partition coefficient (Wildman–Crippen LogP) is 3.42. The van der Waals surface area contributed by atoms with E-state index in [4.69, 9.17) is 9.47 Å². The fraction of sp³-hybridized carbons (Fsp3) is 0.316. The second-order valence-electron chi connectivity index (χ2n) is 5.62. The molecule has 0 radical (unpaired) electrons. The van der Waals surface area contributed by atoms with Crippen LogP contribution in [0.2, 0.25) is 0 Å². The Hall–Kier alpha value is -2.14. The zero-order valence-corrected chi connectivity index (χ0v) is 14.5. The van der Waals surface area contributed by atoms with Crippen LogP contribution in [0.25, 0.3) is 0 Å². The number of hydrogen-bond acceptors (Lipinski definition) is 4. The van der Waals surface area contributed by atoms with Crippen molar-refractivity contribution >= 4 is 17.7 Å². The van der Waals surface area contributed by atoms with Gasteiger partial charge in [0.25, 0.3) is 0 Å². The molecule has 1 aliphatic heterocycles. The molecule has 1 aliphatic rings. The molecule has 2 aromatic carbocycles. The third-order valence-electron chi connectivity index (χ3n) is 4.02. The molecule has 0 bridgehead atoms. The first kappa shape index (κ1) is 16.7. The number of carbonyl (C=O) groups is 1. The minimum Gasteiger partial charge on any atom is -0.454 e. The Balaban J connectivity index is 1.81. The standard InChI is InChI=1S/C19H21NO3S/c1-24-10-9-20-19(21)12-16(14-5-3-2-4-6-14)15-7-8-17-18(11-15)23-13-22-17/h2-8,11,16H,9-10,12-13H2,1H3,(H,20,21)/t16-/m0/s1. The third kappa shape index (κ3) is 4.03. The average Bonchev–Trinajstić information content (AvgIpc) is 3.08. The number of amides is 1. The first-order chi connectivity index (χ1) is 11.8. The Bertz CT molecular complexity index is 690. The highest BCUT2D eigenvalue weighted by Gasteiger charge is 2.21. The van der Waals surface area contributed by atoms with E-state index in [1.165, 1.54) is 0 Å². The maximum absolute atomic E-state index is 12.3. The SMILES string of the molecule is CSCCNC(=O)C[C@@H](c1ccccc1)c1ccc2c(c1)OCO2. The molecule has 0 aromatic heterocycles. The number of benzene rings is 2. The van der Waals surface area contributed by atoms with Crippen LogP contribution in [0.4, 0.5) is 0 Å². The van der Waals surface area contributed by atoms with E-state index >= 15 is 0 Å². The largest absolute Gasteiger partial charge is 0.454 e. The van der Waals surface area contributed by atoms with Crippen LogP contribution in [-0.2, 0) is 4.79 Å². The summed E-state index contributed by atoms with van der Waals surface area (Å²) in [5, 5.41) is 2.99. The second-order valence-corrected chi connectivity index (χ2v) is 6.61. The summed E-state index contributed by atoms with van der Waals surface area (Å²) in [5.41, 5.74) is 2.18. The van der Waals surface area contributed by atoms with Crippen LogP contribution >= 0.6 is 11.8 Å². The fourth-order valence-electron chi connectivity index (χ4n) is 2.79. The van der Waals surface area contributed by atoms with Crippen molar-refractivity contribution in [2.24, 2.45) is 0 Å². The number of carbonyl (C=O) groups excluding carboxylic acids is 1. The Morgan fingerprint density at radius 2 is 1.92 bits per heavy atom. The van der Waals surface area contributed by atoms with Gasteiger partial charge in [0.2, 0.25) is 12.7 Å². The van der Waals surface area contributed by atoms with Gasteiger partial charge in [0, 0.05) is 24.6 Å². The molecule has 0 saturated heterocycles. The molecule has 4 nitrogen and oxygen atoms in total. The Morgan fingerprint density at radius 1 is 1.12 bits per heavy atom. The van der Waals surface area contributed by atoms with E-state index in [2.05, 4.69) is 17.4 Å². The molecule has 0 unspecified atom stereocenters. The number of nitrogens with one attached hydrogen (secondary N) is 1. The van der Waals surface area contributed by atoms with Crippen LogP contribution < -0.4 is 14.8 Å². The summed E-state index contributed by atoms with van der Waals surface area (Å²) >= 11 is 1.72.